The molecule has 0 bridgehead atoms. The molecule has 0 aliphatic heterocycles. The highest BCUT2D eigenvalue weighted by atomic mass is 32.2. The van der Waals surface area contributed by atoms with Gasteiger partial charge in [-0.15, -0.1) is 0 Å². The van der Waals surface area contributed by atoms with Crippen LogP contribution in [0.25, 0.3) is 0 Å². The van der Waals surface area contributed by atoms with Crippen LogP contribution in [0, 0.1) is 0 Å². The molecule has 0 atom stereocenters. The second-order valence-corrected chi connectivity index (χ2v) is 7.83. The van der Waals surface area contributed by atoms with Gasteiger partial charge < -0.3 is 10.5 Å². The minimum absolute atomic E-state index is 0.162. The third-order valence-electron chi connectivity index (χ3n) is 3.05. The van der Waals surface area contributed by atoms with Crippen molar-refractivity contribution in [1.82, 2.24) is 0 Å². The summed E-state index contributed by atoms with van der Waals surface area (Å²) in [4.78, 5) is 13.5. The van der Waals surface area contributed by atoms with Crippen LogP contribution in [0.5, 0.6) is 5.75 Å². The predicted molar refractivity (Wildman–Crippen MR) is 95.4 cm³/mol. The van der Waals surface area contributed by atoms with E-state index >= 15 is 0 Å². The van der Waals surface area contributed by atoms with Crippen molar-refractivity contribution in [1.29, 1.82) is 0 Å². The third-order valence-corrected chi connectivity index (χ3v) is 4.71. The first-order chi connectivity index (χ1) is 11.3. The molecule has 0 amide bonds. The Balaban J connectivity index is 2.56. The number of ether oxygens (including phenoxy) is 1. The van der Waals surface area contributed by atoms with Crippen molar-refractivity contribution in [2.45, 2.75) is 9.79 Å². The van der Waals surface area contributed by atoms with Crippen LogP contribution in [0.1, 0.15) is 10.4 Å². The number of hydrogen-bond acceptors (Lipinski definition) is 6. The van der Waals surface area contributed by atoms with Gasteiger partial charge in [0.05, 0.1) is 31.2 Å². The van der Waals surface area contributed by atoms with E-state index in [2.05, 4.69) is 4.72 Å². The summed E-state index contributed by atoms with van der Waals surface area (Å²) in [5.41, 5.74) is 6.11. The number of methoxy groups -OCH3 is 1. The van der Waals surface area contributed by atoms with Crippen molar-refractivity contribution in [2.24, 2.45) is 5.73 Å². The fourth-order valence-electron chi connectivity index (χ4n) is 2.04. The van der Waals surface area contributed by atoms with Crippen LogP contribution >= 0.6 is 11.8 Å². The summed E-state index contributed by atoms with van der Waals surface area (Å²) in [5, 5.41) is 0. The van der Waals surface area contributed by atoms with E-state index in [0.29, 0.717) is 16.1 Å². The molecule has 0 aromatic heterocycles. The van der Waals surface area contributed by atoms with Gasteiger partial charge in [-0.1, -0.05) is 30.0 Å². The van der Waals surface area contributed by atoms with Gasteiger partial charge in [-0.3, -0.25) is 9.52 Å². The van der Waals surface area contributed by atoms with Crippen LogP contribution in [0.3, 0.4) is 0 Å². The van der Waals surface area contributed by atoms with Gasteiger partial charge in [-0.25, -0.2) is 8.42 Å². The lowest BCUT2D eigenvalue weighted by Gasteiger charge is -2.15. The minimum Gasteiger partial charge on any atom is -0.496 e. The number of nitrogens with one attached hydrogen (secondary N) is 1. The van der Waals surface area contributed by atoms with Crippen molar-refractivity contribution >= 4 is 33.3 Å². The molecule has 0 saturated carbocycles. The number of carbonyl (C=O) groups excluding carboxylic acids is 1. The van der Waals surface area contributed by atoms with Crippen LogP contribution in [-0.4, -0.2) is 34.1 Å². The van der Waals surface area contributed by atoms with E-state index in [9.17, 15) is 13.2 Å². The summed E-state index contributed by atoms with van der Waals surface area (Å²) in [6.07, 6.45) is 1.06. The van der Waals surface area contributed by atoms with Crippen molar-refractivity contribution in [2.75, 3.05) is 24.6 Å². The van der Waals surface area contributed by atoms with Gasteiger partial charge in [0.15, 0.2) is 5.78 Å². The van der Waals surface area contributed by atoms with Crippen molar-refractivity contribution in [3.8, 4) is 5.75 Å². The molecule has 3 N–H and O–H groups in total. The summed E-state index contributed by atoms with van der Waals surface area (Å²) in [6, 6.07) is 12.5. The molecule has 0 aliphatic carbocycles. The average Bonchev–Trinajstić information content (AvgIpc) is 2.55. The van der Waals surface area contributed by atoms with Crippen molar-refractivity contribution < 1.29 is 17.9 Å². The largest absolute Gasteiger partial charge is 0.496 e. The number of hydrogen-bond donors (Lipinski definition) is 2. The molecule has 2 aromatic rings. The highest BCUT2D eigenvalue weighted by Crippen LogP contribution is 2.38. The zero-order chi connectivity index (χ0) is 17.7. The van der Waals surface area contributed by atoms with Gasteiger partial charge in [0, 0.05) is 15.9 Å². The monoisotopic (exact) mass is 366 g/mol. The highest BCUT2D eigenvalue weighted by Gasteiger charge is 2.18. The lowest BCUT2D eigenvalue weighted by molar-refractivity contribution is 0.0998. The van der Waals surface area contributed by atoms with Gasteiger partial charge in [0.1, 0.15) is 5.75 Å². The highest BCUT2D eigenvalue weighted by molar-refractivity contribution is 7.99. The van der Waals surface area contributed by atoms with Crippen LogP contribution in [0.4, 0.5) is 5.69 Å². The molecule has 2 aromatic carbocycles. The first-order valence-corrected chi connectivity index (χ1v) is 9.71. The maximum atomic E-state index is 12.0. The Kier molecular flexibility index (Phi) is 5.87. The van der Waals surface area contributed by atoms with E-state index in [1.807, 2.05) is 30.3 Å². The van der Waals surface area contributed by atoms with Crippen LogP contribution in [0.2, 0.25) is 0 Å². The number of benzene rings is 2. The Morgan fingerprint density at radius 3 is 2.46 bits per heavy atom. The summed E-state index contributed by atoms with van der Waals surface area (Å²) in [7, 11) is -2.07. The number of carbonyl (C=O) groups is 1. The summed E-state index contributed by atoms with van der Waals surface area (Å²) < 4.78 is 30.9. The zero-order valence-corrected chi connectivity index (χ0v) is 14.9. The molecule has 0 unspecified atom stereocenters. The third kappa shape index (κ3) is 4.73. The number of rotatable bonds is 7. The Bertz CT molecular complexity index is 837. The molecule has 0 spiro atoms. The number of anilines is 1. The fraction of sp³-hybridized carbons (Fsp3) is 0.188. The van der Waals surface area contributed by atoms with Crippen molar-refractivity contribution in [3.05, 3.63) is 48.0 Å². The maximum Gasteiger partial charge on any atom is 0.229 e. The molecule has 0 aliphatic rings. The van der Waals surface area contributed by atoms with E-state index in [1.165, 1.54) is 24.9 Å². The van der Waals surface area contributed by atoms with Crippen LogP contribution < -0.4 is 15.2 Å². The number of sulfonamides is 1. The molecule has 6 nitrogen and oxygen atoms in total. The molecule has 0 heterocycles. The standard InChI is InChI=1S/C16H18N2O4S2/c1-22-15-9-13(18-24(2,20)21)16(8-12(15)14(19)10-17)23-11-6-4-3-5-7-11/h3-9,18H,10,17H2,1-2H3. The molecule has 8 heteroatoms. The van der Waals surface area contributed by atoms with E-state index in [1.54, 1.807) is 6.07 Å². The molecule has 24 heavy (non-hydrogen) atoms. The number of nitrogens with two attached hydrogens (primary N) is 1. The summed E-state index contributed by atoms with van der Waals surface area (Å²) >= 11 is 1.34. The molecule has 0 saturated heterocycles. The topological polar surface area (TPSA) is 98.5 Å². The minimum atomic E-state index is -3.48. The SMILES string of the molecule is COc1cc(NS(C)(=O)=O)c(Sc2ccccc2)cc1C(=O)CN. The quantitative estimate of drug-likeness (QED) is 0.730. The molecule has 0 fully saturated rings. The van der Waals surface area contributed by atoms with Crippen LogP contribution in [0.15, 0.2) is 52.3 Å². The first kappa shape index (κ1) is 18.3. The van der Waals surface area contributed by atoms with Gasteiger partial charge >= 0.3 is 0 Å². The molecule has 2 rings (SSSR count). The fourth-order valence-corrected chi connectivity index (χ4v) is 3.61. The van der Waals surface area contributed by atoms with E-state index in [-0.39, 0.29) is 18.1 Å². The first-order valence-electron chi connectivity index (χ1n) is 7.00. The van der Waals surface area contributed by atoms with Crippen LogP contribution in [-0.2, 0) is 10.0 Å². The predicted octanol–water partition coefficient (Wildman–Crippen LogP) is 2.36. The van der Waals surface area contributed by atoms with E-state index in [0.717, 1.165) is 11.2 Å². The Hall–Kier alpha value is -2.03. The molecule has 128 valence electrons. The molecular weight excluding hydrogens is 348 g/mol. The summed E-state index contributed by atoms with van der Waals surface area (Å²) in [6.45, 7) is -0.162. The maximum absolute atomic E-state index is 12.0. The van der Waals surface area contributed by atoms with Crippen molar-refractivity contribution in [3.63, 3.8) is 0 Å². The zero-order valence-electron chi connectivity index (χ0n) is 13.3. The molecule has 0 radical (unpaired) electrons. The Morgan fingerprint density at radius 1 is 1.25 bits per heavy atom. The second kappa shape index (κ2) is 7.69. The van der Waals surface area contributed by atoms with Gasteiger partial charge in [-0.05, 0) is 18.2 Å². The lowest BCUT2D eigenvalue weighted by atomic mass is 10.1. The van der Waals surface area contributed by atoms with E-state index in [4.69, 9.17) is 10.5 Å². The van der Waals surface area contributed by atoms with Gasteiger partial charge in [0.2, 0.25) is 10.0 Å². The van der Waals surface area contributed by atoms with Gasteiger partial charge in [-0.2, -0.15) is 0 Å². The average molecular weight is 366 g/mol. The Labute approximate surface area is 145 Å². The molecular formula is C16H18N2O4S2. The summed E-state index contributed by atoms with van der Waals surface area (Å²) in [5.74, 6) is -0.0123. The number of ketones is 1. The Morgan fingerprint density at radius 2 is 1.92 bits per heavy atom. The second-order valence-electron chi connectivity index (χ2n) is 4.97. The van der Waals surface area contributed by atoms with E-state index < -0.39 is 10.0 Å². The lowest BCUT2D eigenvalue weighted by Crippen LogP contribution is -2.16. The smallest absolute Gasteiger partial charge is 0.229 e. The number of Topliss-reactive ketones (excluding diaryl/α,β-unsaturated/α-hetero) is 1. The van der Waals surface area contributed by atoms with Gasteiger partial charge in [0.25, 0.3) is 0 Å². The normalized spacial score (nSPS) is 11.1.